The van der Waals surface area contributed by atoms with Gasteiger partial charge in [0, 0.05) is 11.6 Å². The van der Waals surface area contributed by atoms with Crippen molar-refractivity contribution in [3.8, 4) is 0 Å². The van der Waals surface area contributed by atoms with Gasteiger partial charge in [-0.15, -0.1) is 0 Å². The second-order valence-electron chi connectivity index (χ2n) is 4.37. The van der Waals surface area contributed by atoms with Crippen LogP contribution in [0.4, 0.5) is 5.69 Å². The lowest BCUT2D eigenvalue weighted by molar-refractivity contribution is 0.599. The molecule has 0 saturated carbocycles. The average molecular weight is 345 g/mol. The lowest BCUT2D eigenvalue weighted by Crippen LogP contribution is -2.17. The molecule has 2 N–H and O–H groups in total. The monoisotopic (exact) mass is 344 g/mol. The fraction of sp³-hybridized carbons (Fsp3) is 0.143. The molecule has 2 rings (SSSR count). The van der Waals surface area contributed by atoms with E-state index in [0.29, 0.717) is 17.1 Å². The Morgan fingerprint density at radius 2 is 1.81 bits per heavy atom. The first kappa shape index (κ1) is 16.1. The molecule has 0 fully saturated rings. The fourth-order valence-electron chi connectivity index (χ4n) is 1.88. The second kappa shape index (κ2) is 6.66. The number of hydrogen-bond acceptors (Lipinski definition) is 3. The fourth-order valence-corrected chi connectivity index (χ4v) is 3.58. The van der Waals surface area contributed by atoms with Crippen LogP contribution in [0.3, 0.4) is 0 Å². The number of sulfonamides is 1. The zero-order chi connectivity index (χ0) is 15.5. The van der Waals surface area contributed by atoms with Crippen LogP contribution in [0.15, 0.2) is 47.4 Å². The summed E-state index contributed by atoms with van der Waals surface area (Å²) >= 11 is 11.9. The molecule has 0 bridgehead atoms. The molecule has 0 aliphatic rings. The van der Waals surface area contributed by atoms with Gasteiger partial charge in [-0.25, -0.2) is 8.42 Å². The van der Waals surface area contributed by atoms with Crippen LogP contribution in [0.5, 0.6) is 0 Å². The van der Waals surface area contributed by atoms with Gasteiger partial charge in [-0.1, -0.05) is 41.4 Å². The van der Waals surface area contributed by atoms with Crippen molar-refractivity contribution in [2.24, 2.45) is 0 Å². The van der Waals surface area contributed by atoms with E-state index in [0.717, 1.165) is 0 Å². The Morgan fingerprint density at radius 3 is 2.52 bits per heavy atom. The van der Waals surface area contributed by atoms with Crippen LogP contribution in [0.1, 0.15) is 5.56 Å². The van der Waals surface area contributed by atoms with Crippen LogP contribution in [0, 0.1) is 0 Å². The molecule has 0 atom stereocenters. The second-order valence-corrected chi connectivity index (χ2v) is 6.86. The average Bonchev–Trinajstić information content (AvgIpc) is 2.43. The van der Waals surface area contributed by atoms with E-state index in [4.69, 9.17) is 23.2 Å². The highest BCUT2D eigenvalue weighted by atomic mass is 35.5. The lowest BCUT2D eigenvalue weighted by atomic mass is 10.2. The van der Waals surface area contributed by atoms with Crippen molar-refractivity contribution in [3.63, 3.8) is 0 Å². The van der Waals surface area contributed by atoms with Gasteiger partial charge in [0.2, 0.25) is 0 Å². The van der Waals surface area contributed by atoms with Crippen molar-refractivity contribution in [1.82, 2.24) is 5.32 Å². The number of anilines is 1. The smallest absolute Gasteiger partial charge is 0.262 e. The maximum atomic E-state index is 12.5. The Hall–Kier alpha value is -1.27. The molecule has 0 radical (unpaired) electrons. The minimum atomic E-state index is -3.74. The normalized spacial score (nSPS) is 11.4. The predicted octanol–water partition coefficient (Wildman–Crippen LogP) is 3.51. The van der Waals surface area contributed by atoms with E-state index < -0.39 is 10.0 Å². The van der Waals surface area contributed by atoms with Gasteiger partial charge in [0.05, 0.1) is 15.6 Å². The summed E-state index contributed by atoms with van der Waals surface area (Å²) in [7, 11) is -1.98. The molecule has 2 aromatic rings. The maximum absolute atomic E-state index is 12.5. The molecule has 0 unspecified atom stereocenters. The minimum absolute atomic E-state index is 0.204. The summed E-state index contributed by atoms with van der Waals surface area (Å²) < 4.78 is 27.5. The summed E-state index contributed by atoms with van der Waals surface area (Å²) in [6.45, 7) is 0.445. The van der Waals surface area contributed by atoms with Crippen LogP contribution in [-0.4, -0.2) is 15.5 Å². The van der Waals surface area contributed by atoms with E-state index in [1.807, 2.05) is 0 Å². The molecular weight excluding hydrogens is 331 g/mol. The van der Waals surface area contributed by atoms with Gasteiger partial charge < -0.3 is 5.32 Å². The molecule has 7 heteroatoms. The molecule has 0 heterocycles. The van der Waals surface area contributed by atoms with E-state index in [2.05, 4.69) is 10.0 Å². The number of nitrogens with one attached hydrogen (secondary N) is 2. The van der Waals surface area contributed by atoms with Gasteiger partial charge in [0.15, 0.2) is 0 Å². The van der Waals surface area contributed by atoms with Crippen molar-refractivity contribution < 1.29 is 8.42 Å². The summed E-state index contributed by atoms with van der Waals surface area (Å²) in [5.41, 5.74) is 0.925. The molecular formula is C14H14Cl2N2O2S. The van der Waals surface area contributed by atoms with Crippen LogP contribution >= 0.6 is 23.2 Å². The first-order chi connectivity index (χ1) is 9.94. The molecule has 112 valence electrons. The molecule has 0 spiro atoms. The van der Waals surface area contributed by atoms with Crippen LogP contribution in [-0.2, 0) is 16.6 Å². The van der Waals surface area contributed by atoms with Gasteiger partial charge >= 0.3 is 0 Å². The molecule has 0 aliphatic carbocycles. The highest BCUT2D eigenvalue weighted by Crippen LogP contribution is 2.28. The maximum Gasteiger partial charge on any atom is 0.262 e. The van der Waals surface area contributed by atoms with Gasteiger partial charge in [-0.05, 0) is 36.9 Å². The molecule has 0 aromatic heterocycles. The van der Waals surface area contributed by atoms with Gasteiger partial charge in [-0.3, -0.25) is 4.72 Å². The number of halogens is 2. The van der Waals surface area contributed by atoms with E-state index in [1.54, 1.807) is 43.4 Å². The number of rotatable bonds is 5. The third kappa shape index (κ3) is 3.89. The van der Waals surface area contributed by atoms with Gasteiger partial charge in [0.1, 0.15) is 0 Å². The summed E-state index contributed by atoms with van der Waals surface area (Å²) in [6, 6.07) is 11.4. The van der Waals surface area contributed by atoms with E-state index in [1.165, 1.54) is 6.07 Å². The van der Waals surface area contributed by atoms with Crippen LogP contribution < -0.4 is 10.0 Å². The largest absolute Gasteiger partial charge is 0.316 e. The molecule has 21 heavy (non-hydrogen) atoms. The third-order valence-electron chi connectivity index (χ3n) is 2.80. The summed E-state index contributed by atoms with van der Waals surface area (Å²) in [6.07, 6.45) is 0. The van der Waals surface area contributed by atoms with E-state index in [-0.39, 0.29) is 15.6 Å². The first-order valence-corrected chi connectivity index (χ1v) is 8.38. The zero-order valence-electron chi connectivity index (χ0n) is 11.2. The number of hydrogen-bond donors (Lipinski definition) is 2. The molecule has 0 amide bonds. The van der Waals surface area contributed by atoms with Crippen molar-refractivity contribution in [1.29, 1.82) is 0 Å². The van der Waals surface area contributed by atoms with Crippen LogP contribution in [0.25, 0.3) is 0 Å². The summed E-state index contributed by atoms with van der Waals surface area (Å²) in [5.74, 6) is 0. The predicted molar refractivity (Wildman–Crippen MR) is 86.5 cm³/mol. The first-order valence-electron chi connectivity index (χ1n) is 6.14. The SMILES string of the molecule is CNCc1ccccc1S(=O)(=O)Nc1cc(Cl)ccc1Cl. The topological polar surface area (TPSA) is 58.2 Å². The Morgan fingerprint density at radius 1 is 1.10 bits per heavy atom. The highest BCUT2D eigenvalue weighted by molar-refractivity contribution is 7.92. The summed E-state index contributed by atoms with van der Waals surface area (Å²) in [5, 5.41) is 3.63. The molecule has 4 nitrogen and oxygen atoms in total. The van der Waals surface area contributed by atoms with Crippen molar-refractivity contribution in [2.75, 3.05) is 11.8 Å². The van der Waals surface area contributed by atoms with Crippen LogP contribution in [0.2, 0.25) is 10.0 Å². The summed E-state index contributed by atoms with van der Waals surface area (Å²) in [4.78, 5) is 0.204. The van der Waals surface area contributed by atoms with Crippen molar-refractivity contribution >= 4 is 38.9 Å². The van der Waals surface area contributed by atoms with E-state index >= 15 is 0 Å². The quantitative estimate of drug-likeness (QED) is 0.872. The molecule has 0 aliphatic heterocycles. The third-order valence-corrected chi connectivity index (χ3v) is 4.83. The molecule has 0 saturated heterocycles. The Balaban J connectivity index is 2.41. The van der Waals surface area contributed by atoms with Crippen molar-refractivity contribution in [3.05, 3.63) is 58.1 Å². The van der Waals surface area contributed by atoms with Gasteiger partial charge in [0.25, 0.3) is 10.0 Å². The minimum Gasteiger partial charge on any atom is -0.316 e. The van der Waals surface area contributed by atoms with Gasteiger partial charge in [-0.2, -0.15) is 0 Å². The van der Waals surface area contributed by atoms with Crippen molar-refractivity contribution in [2.45, 2.75) is 11.4 Å². The standard InChI is InChI=1S/C14H14Cl2N2O2S/c1-17-9-10-4-2-3-5-14(10)21(19,20)18-13-8-11(15)6-7-12(13)16/h2-8,17-18H,9H2,1H3. The highest BCUT2D eigenvalue weighted by Gasteiger charge is 2.19. The Kier molecular flexibility index (Phi) is 5.11. The number of benzene rings is 2. The Labute approximate surface area is 134 Å². The Bertz CT molecular complexity index is 748. The van der Waals surface area contributed by atoms with E-state index in [9.17, 15) is 8.42 Å². The molecule has 2 aromatic carbocycles. The zero-order valence-corrected chi connectivity index (χ0v) is 13.6. The lowest BCUT2D eigenvalue weighted by Gasteiger charge is -2.13.